The molecule has 0 bridgehead atoms. The van der Waals surface area contributed by atoms with E-state index in [1.807, 2.05) is 21.1 Å². The first-order chi connectivity index (χ1) is 12.0. The van der Waals surface area contributed by atoms with Gasteiger partial charge in [0.05, 0.1) is 43.5 Å². The smallest absolute Gasteiger partial charge is 0.310 e. The predicted octanol–water partition coefficient (Wildman–Crippen LogP) is 2.90. The molecule has 6 nitrogen and oxygen atoms in total. The predicted molar refractivity (Wildman–Crippen MR) is 97.4 cm³/mol. The number of nitrogens with zero attached hydrogens (tertiary/aromatic N) is 1. The van der Waals surface area contributed by atoms with E-state index in [4.69, 9.17) is 33.0 Å². The summed E-state index contributed by atoms with van der Waals surface area (Å²) < 4.78 is 5.85. The summed E-state index contributed by atoms with van der Waals surface area (Å²) >= 11 is 11.8. The number of quaternary nitrogens is 1. The average Bonchev–Trinajstić information content (AvgIpc) is 3.27. The summed E-state index contributed by atoms with van der Waals surface area (Å²) in [6.45, 7) is 0.371. The molecular weight excluding hydrogens is 381 g/mol. The van der Waals surface area contributed by atoms with Gasteiger partial charge in [0, 0.05) is 11.5 Å². The van der Waals surface area contributed by atoms with Gasteiger partial charge in [-0.2, -0.15) is 0 Å². The number of ketones is 1. The minimum absolute atomic E-state index is 0.188. The van der Waals surface area contributed by atoms with Gasteiger partial charge in [-0.1, -0.05) is 23.2 Å². The molecule has 0 heterocycles. The van der Waals surface area contributed by atoms with Crippen LogP contribution in [0.15, 0.2) is 18.2 Å². The molecule has 3 atom stereocenters. The van der Waals surface area contributed by atoms with Crippen LogP contribution in [0.4, 0.5) is 0 Å². The Morgan fingerprint density at radius 3 is 2.38 bits per heavy atom. The maximum Gasteiger partial charge on any atom is 0.310 e. The van der Waals surface area contributed by atoms with E-state index in [-0.39, 0.29) is 17.2 Å². The van der Waals surface area contributed by atoms with E-state index >= 15 is 0 Å². The van der Waals surface area contributed by atoms with Crippen LogP contribution in [-0.2, 0) is 14.3 Å². The molecule has 26 heavy (non-hydrogen) atoms. The monoisotopic (exact) mass is 402 g/mol. The summed E-state index contributed by atoms with van der Waals surface area (Å²) in [7, 11) is 5.66. The molecule has 0 spiro atoms. The Hall–Kier alpha value is -1.63. The number of ether oxygens (including phenoxy) is 1. The maximum absolute atomic E-state index is 12.5. The number of carboxylic acid groups (broad SMARTS) is 1. The zero-order valence-electron chi connectivity index (χ0n) is 14.9. The standard InChI is InChI=1S/C18H21Cl2NO5/c1-21(2,3)9-11(7-16(22)23)26-18(25)13-8-12(13)17(24)10-4-5-14(19)15(20)6-10/h4-6,11-13H,7-9H2,1-3H3/p+1/t11?,12-,13?/m0/s1. The van der Waals surface area contributed by atoms with Crippen molar-refractivity contribution in [2.75, 3.05) is 27.7 Å². The van der Waals surface area contributed by atoms with Crippen molar-refractivity contribution in [3.8, 4) is 0 Å². The first-order valence-corrected chi connectivity index (χ1v) is 8.95. The van der Waals surface area contributed by atoms with Crippen LogP contribution in [0.25, 0.3) is 0 Å². The van der Waals surface area contributed by atoms with Crippen molar-refractivity contribution in [3.63, 3.8) is 0 Å². The van der Waals surface area contributed by atoms with Crippen molar-refractivity contribution >= 4 is 40.9 Å². The van der Waals surface area contributed by atoms with Crippen LogP contribution in [0.3, 0.4) is 0 Å². The van der Waals surface area contributed by atoms with Gasteiger partial charge >= 0.3 is 11.9 Å². The molecule has 2 unspecified atom stereocenters. The second-order valence-corrected chi connectivity index (χ2v) is 8.39. The second kappa shape index (κ2) is 7.94. The number of Topliss-reactive ketones (excluding diaryl/α,β-unsaturated/α-hetero) is 1. The number of aliphatic carboxylic acids is 1. The summed E-state index contributed by atoms with van der Waals surface area (Å²) in [4.78, 5) is 35.8. The van der Waals surface area contributed by atoms with Gasteiger partial charge in [-0.25, -0.2) is 0 Å². The van der Waals surface area contributed by atoms with Crippen LogP contribution in [0.5, 0.6) is 0 Å². The highest BCUT2D eigenvalue weighted by atomic mass is 35.5. The molecular formula is C18H22Cl2NO5+. The number of esters is 1. The Bertz CT molecular complexity index is 729. The lowest BCUT2D eigenvalue weighted by molar-refractivity contribution is -0.873. The van der Waals surface area contributed by atoms with Crippen LogP contribution < -0.4 is 0 Å². The van der Waals surface area contributed by atoms with Crippen molar-refractivity contribution in [1.82, 2.24) is 0 Å². The topological polar surface area (TPSA) is 80.7 Å². The van der Waals surface area contributed by atoms with E-state index in [2.05, 4.69) is 0 Å². The van der Waals surface area contributed by atoms with E-state index in [9.17, 15) is 14.4 Å². The van der Waals surface area contributed by atoms with Crippen molar-refractivity contribution in [2.24, 2.45) is 11.8 Å². The third-order valence-electron chi connectivity index (χ3n) is 4.07. The fourth-order valence-electron chi connectivity index (χ4n) is 2.81. The molecule has 0 amide bonds. The Labute approximate surface area is 162 Å². The molecule has 1 aromatic carbocycles. The first-order valence-electron chi connectivity index (χ1n) is 8.20. The number of likely N-dealkylation sites (N-methyl/N-ethyl adjacent to an activating group) is 1. The van der Waals surface area contributed by atoms with Gasteiger partial charge in [0.2, 0.25) is 0 Å². The molecule has 0 aromatic heterocycles. The second-order valence-electron chi connectivity index (χ2n) is 7.57. The van der Waals surface area contributed by atoms with Crippen LogP contribution in [-0.4, -0.2) is 61.1 Å². The highest BCUT2D eigenvalue weighted by molar-refractivity contribution is 6.42. The van der Waals surface area contributed by atoms with Crippen molar-refractivity contribution in [2.45, 2.75) is 18.9 Å². The van der Waals surface area contributed by atoms with Gasteiger partial charge in [-0.15, -0.1) is 0 Å². The van der Waals surface area contributed by atoms with E-state index < -0.39 is 29.9 Å². The molecule has 1 saturated carbocycles. The zero-order valence-corrected chi connectivity index (χ0v) is 16.4. The van der Waals surface area contributed by atoms with Gasteiger partial charge in [0.1, 0.15) is 6.54 Å². The largest absolute Gasteiger partial charge is 0.481 e. The minimum atomic E-state index is -1.03. The quantitative estimate of drug-likeness (QED) is 0.410. The third kappa shape index (κ3) is 5.69. The molecule has 1 fully saturated rings. The summed E-state index contributed by atoms with van der Waals surface area (Å²) in [5.74, 6) is -2.75. The number of carbonyl (C=O) groups is 3. The van der Waals surface area contributed by atoms with Gasteiger partial charge in [-0.05, 0) is 24.6 Å². The fraction of sp³-hybridized carbons (Fsp3) is 0.500. The summed E-state index contributed by atoms with van der Waals surface area (Å²) in [6.07, 6.45) is -0.608. The van der Waals surface area contributed by atoms with E-state index in [0.29, 0.717) is 28.0 Å². The molecule has 0 saturated heterocycles. The number of carbonyl (C=O) groups excluding carboxylic acids is 2. The van der Waals surface area contributed by atoms with E-state index in [0.717, 1.165) is 0 Å². The molecule has 2 rings (SSSR count). The Morgan fingerprint density at radius 1 is 1.19 bits per heavy atom. The van der Waals surface area contributed by atoms with Gasteiger partial charge in [0.25, 0.3) is 0 Å². The lowest BCUT2D eigenvalue weighted by Gasteiger charge is -2.28. The number of benzene rings is 1. The highest BCUT2D eigenvalue weighted by Gasteiger charge is 2.50. The first kappa shape index (κ1) is 20.7. The molecule has 0 aliphatic heterocycles. The van der Waals surface area contributed by atoms with Crippen molar-refractivity contribution < 1.29 is 28.7 Å². The lowest BCUT2D eigenvalue weighted by Crippen LogP contribution is -2.44. The lowest BCUT2D eigenvalue weighted by atomic mass is 10.1. The van der Waals surface area contributed by atoms with Gasteiger partial charge < -0.3 is 14.3 Å². The third-order valence-corrected chi connectivity index (χ3v) is 4.81. The van der Waals surface area contributed by atoms with E-state index in [1.54, 1.807) is 6.07 Å². The molecule has 1 aliphatic rings. The van der Waals surface area contributed by atoms with Gasteiger partial charge in [0.15, 0.2) is 11.9 Å². The molecule has 8 heteroatoms. The SMILES string of the molecule is C[N+](C)(C)CC(CC(=O)O)OC(=O)C1C[C@@H]1C(=O)c1ccc(Cl)c(Cl)c1. The number of rotatable bonds is 8. The average molecular weight is 403 g/mol. The summed E-state index contributed by atoms with van der Waals surface area (Å²) in [5.41, 5.74) is 0.396. The molecule has 1 aliphatic carbocycles. The fourth-order valence-corrected chi connectivity index (χ4v) is 3.11. The van der Waals surface area contributed by atoms with Gasteiger partial charge in [-0.3, -0.25) is 14.4 Å². The zero-order chi connectivity index (χ0) is 19.6. The minimum Gasteiger partial charge on any atom is -0.481 e. The Morgan fingerprint density at radius 2 is 1.85 bits per heavy atom. The van der Waals surface area contributed by atoms with Crippen molar-refractivity contribution in [1.29, 1.82) is 0 Å². The van der Waals surface area contributed by atoms with Crippen LogP contribution in [0, 0.1) is 11.8 Å². The maximum atomic E-state index is 12.5. The van der Waals surface area contributed by atoms with Crippen LogP contribution in [0.1, 0.15) is 23.2 Å². The molecule has 142 valence electrons. The van der Waals surface area contributed by atoms with Crippen LogP contribution >= 0.6 is 23.2 Å². The van der Waals surface area contributed by atoms with Crippen molar-refractivity contribution in [3.05, 3.63) is 33.8 Å². The number of halogens is 2. The summed E-state index contributed by atoms with van der Waals surface area (Å²) in [5, 5.41) is 9.64. The number of hydrogen-bond acceptors (Lipinski definition) is 4. The normalized spacial score (nSPS) is 20.3. The number of carboxylic acids is 1. The Kier molecular flexibility index (Phi) is 6.32. The molecule has 1 N–H and O–H groups in total. The Balaban J connectivity index is 1.99. The number of hydrogen-bond donors (Lipinski definition) is 1. The molecule has 0 radical (unpaired) electrons. The molecule has 1 aromatic rings. The summed E-state index contributed by atoms with van der Waals surface area (Å²) in [6, 6.07) is 4.59. The van der Waals surface area contributed by atoms with E-state index in [1.165, 1.54) is 12.1 Å². The highest BCUT2D eigenvalue weighted by Crippen LogP contribution is 2.42. The van der Waals surface area contributed by atoms with Crippen LogP contribution in [0.2, 0.25) is 10.0 Å².